The summed E-state index contributed by atoms with van der Waals surface area (Å²) in [4.78, 5) is 18.8. The van der Waals surface area contributed by atoms with Crippen LogP contribution in [0.3, 0.4) is 0 Å². The Bertz CT molecular complexity index is 581. The summed E-state index contributed by atoms with van der Waals surface area (Å²) in [5.74, 6) is 0.716. The number of guanidine groups is 1. The largest absolute Gasteiger partial charge is 0.357 e. The standard InChI is InChI=1S/C20H35N5O.HI/c1-7-22-20(23-11-12-25(15(2)3)16(4)5)24-14-17-9-8-10-18(13-17)19(26)21-6;/h8-10,13,15-16H,7,11-12,14H2,1-6H3,(H,21,26)(H2,22,23,24);1H. The lowest BCUT2D eigenvalue weighted by molar-refractivity contribution is 0.0963. The number of nitrogens with one attached hydrogen (secondary N) is 3. The van der Waals surface area contributed by atoms with E-state index in [2.05, 4.69) is 60.5 Å². The van der Waals surface area contributed by atoms with Crippen LogP contribution >= 0.6 is 24.0 Å². The van der Waals surface area contributed by atoms with Gasteiger partial charge in [-0.25, -0.2) is 4.99 Å². The molecule has 0 aliphatic carbocycles. The summed E-state index contributed by atoms with van der Waals surface area (Å²) in [6.07, 6.45) is 0. The highest BCUT2D eigenvalue weighted by molar-refractivity contribution is 14.0. The van der Waals surface area contributed by atoms with Gasteiger partial charge in [-0.15, -0.1) is 24.0 Å². The van der Waals surface area contributed by atoms with Crippen molar-refractivity contribution in [2.75, 3.05) is 26.7 Å². The number of carbonyl (C=O) groups excluding carboxylic acids is 1. The van der Waals surface area contributed by atoms with Crippen molar-refractivity contribution in [3.8, 4) is 0 Å². The number of nitrogens with zero attached hydrogens (tertiary/aromatic N) is 2. The Kier molecular flexibility index (Phi) is 13.1. The van der Waals surface area contributed by atoms with E-state index >= 15 is 0 Å². The molecule has 0 unspecified atom stereocenters. The maximum atomic E-state index is 11.7. The molecule has 0 heterocycles. The number of hydrogen-bond acceptors (Lipinski definition) is 3. The number of carbonyl (C=O) groups is 1. The molecular weight excluding hydrogens is 453 g/mol. The number of benzene rings is 1. The Morgan fingerprint density at radius 1 is 1.15 bits per heavy atom. The van der Waals surface area contributed by atoms with Crippen LogP contribution < -0.4 is 16.0 Å². The second-order valence-corrected chi connectivity index (χ2v) is 6.83. The zero-order valence-corrected chi connectivity index (χ0v) is 19.8. The average Bonchev–Trinajstić information content (AvgIpc) is 2.61. The molecule has 0 saturated heterocycles. The molecule has 0 saturated carbocycles. The van der Waals surface area contributed by atoms with Crippen molar-refractivity contribution in [2.45, 2.75) is 53.2 Å². The highest BCUT2D eigenvalue weighted by atomic mass is 127. The van der Waals surface area contributed by atoms with Crippen LogP contribution in [0.15, 0.2) is 29.3 Å². The molecule has 0 aliphatic heterocycles. The summed E-state index contributed by atoms with van der Waals surface area (Å²) in [6, 6.07) is 8.60. The lowest BCUT2D eigenvalue weighted by Crippen LogP contribution is -2.45. The Morgan fingerprint density at radius 3 is 2.37 bits per heavy atom. The van der Waals surface area contributed by atoms with Gasteiger partial charge in [0.2, 0.25) is 0 Å². The van der Waals surface area contributed by atoms with Gasteiger partial charge in [-0.1, -0.05) is 12.1 Å². The van der Waals surface area contributed by atoms with Crippen molar-refractivity contribution >= 4 is 35.8 Å². The summed E-state index contributed by atoms with van der Waals surface area (Å²) in [5, 5.41) is 9.32. The van der Waals surface area contributed by atoms with Crippen LogP contribution in [0.2, 0.25) is 0 Å². The molecule has 1 amide bonds. The maximum Gasteiger partial charge on any atom is 0.251 e. The molecule has 0 bridgehead atoms. The molecule has 6 nitrogen and oxygen atoms in total. The van der Waals surface area contributed by atoms with E-state index in [1.165, 1.54) is 0 Å². The number of rotatable bonds is 9. The van der Waals surface area contributed by atoms with Crippen LogP contribution in [0.4, 0.5) is 0 Å². The Labute approximate surface area is 181 Å². The fourth-order valence-corrected chi connectivity index (χ4v) is 2.88. The zero-order chi connectivity index (χ0) is 19.5. The van der Waals surface area contributed by atoms with Gasteiger partial charge in [0.05, 0.1) is 6.54 Å². The molecule has 0 radical (unpaired) electrons. The molecule has 3 N–H and O–H groups in total. The van der Waals surface area contributed by atoms with Crippen LogP contribution in [0.25, 0.3) is 0 Å². The lowest BCUT2D eigenvalue weighted by Gasteiger charge is -2.30. The first-order chi connectivity index (χ1) is 12.4. The van der Waals surface area contributed by atoms with Crippen molar-refractivity contribution in [1.29, 1.82) is 0 Å². The SMILES string of the molecule is CCNC(=NCc1cccc(C(=O)NC)c1)NCCN(C(C)C)C(C)C.I. The van der Waals surface area contributed by atoms with Gasteiger partial charge in [-0.3, -0.25) is 9.69 Å². The van der Waals surface area contributed by atoms with Gasteiger partial charge in [-0.05, 0) is 52.3 Å². The molecule has 0 aromatic heterocycles. The van der Waals surface area contributed by atoms with Gasteiger partial charge in [-0.2, -0.15) is 0 Å². The van der Waals surface area contributed by atoms with Crippen LogP contribution in [-0.2, 0) is 6.54 Å². The highest BCUT2D eigenvalue weighted by Gasteiger charge is 2.12. The molecular formula is C20H36IN5O. The van der Waals surface area contributed by atoms with Crippen LogP contribution in [0, 0.1) is 0 Å². The zero-order valence-electron chi connectivity index (χ0n) is 17.5. The Balaban J connectivity index is 0.00000676. The first kappa shape index (κ1) is 25.6. The van der Waals surface area contributed by atoms with Gasteiger partial charge in [0.1, 0.15) is 0 Å². The van der Waals surface area contributed by atoms with E-state index < -0.39 is 0 Å². The number of amides is 1. The number of halogens is 1. The first-order valence-electron chi connectivity index (χ1n) is 9.48. The minimum Gasteiger partial charge on any atom is -0.357 e. The summed E-state index contributed by atoms with van der Waals surface area (Å²) in [6.45, 7) is 14.1. The summed E-state index contributed by atoms with van der Waals surface area (Å²) < 4.78 is 0. The van der Waals surface area contributed by atoms with Gasteiger partial charge < -0.3 is 16.0 Å². The second-order valence-electron chi connectivity index (χ2n) is 6.83. The van der Waals surface area contributed by atoms with Crippen LogP contribution in [0.1, 0.15) is 50.5 Å². The first-order valence-corrected chi connectivity index (χ1v) is 9.48. The highest BCUT2D eigenvalue weighted by Crippen LogP contribution is 2.07. The molecule has 1 aromatic rings. The molecule has 0 spiro atoms. The van der Waals surface area contributed by atoms with E-state index in [0.717, 1.165) is 31.2 Å². The second kappa shape index (κ2) is 13.8. The van der Waals surface area contributed by atoms with Crippen molar-refractivity contribution in [2.24, 2.45) is 4.99 Å². The smallest absolute Gasteiger partial charge is 0.251 e. The molecule has 1 aromatic carbocycles. The van der Waals surface area contributed by atoms with Crippen molar-refractivity contribution in [1.82, 2.24) is 20.9 Å². The third-order valence-corrected chi connectivity index (χ3v) is 4.17. The van der Waals surface area contributed by atoms with E-state index in [1.807, 2.05) is 24.3 Å². The number of aliphatic imine (C=N–C) groups is 1. The fraction of sp³-hybridized carbons (Fsp3) is 0.600. The summed E-state index contributed by atoms with van der Waals surface area (Å²) in [7, 11) is 1.64. The average molecular weight is 489 g/mol. The normalized spacial score (nSPS) is 11.5. The van der Waals surface area contributed by atoms with Crippen LogP contribution in [0.5, 0.6) is 0 Å². The van der Waals surface area contributed by atoms with E-state index in [9.17, 15) is 4.79 Å². The van der Waals surface area contributed by atoms with Gasteiger partial charge >= 0.3 is 0 Å². The van der Waals surface area contributed by atoms with Gasteiger partial charge in [0.25, 0.3) is 5.91 Å². The molecule has 1 rings (SSSR count). The molecule has 7 heteroatoms. The van der Waals surface area contributed by atoms with Crippen molar-refractivity contribution in [3.05, 3.63) is 35.4 Å². The molecule has 0 atom stereocenters. The molecule has 154 valence electrons. The maximum absolute atomic E-state index is 11.7. The van der Waals surface area contributed by atoms with E-state index in [4.69, 9.17) is 0 Å². The summed E-state index contributed by atoms with van der Waals surface area (Å²) >= 11 is 0. The van der Waals surface area contributed by atoms with E-state index in [-0.39, 0.29) is 29.9 Å². The van der Waals surface area contributed by atoms with E-state index in [0.29, 0.717) is 24.2 Å². The monoisotopic (exact) mass is 489 g/mol. The third kappa shape index (κ3) is 9.41. The predicted molar refractivity (Wildman–Crippen MR) is 125 cm³/mol. The summed E-state index contributed by atoms with van der Waals surface area (Å²) in [5.41, 5.74) is 1.66. The van der Waals surface area contributed by atoms with Gasteiger partial charge in [0, 0.05) is 44.3 Å². The minimum atomic E-state index is -0.0803. The van der Waals surface area contributed by atoms with E-state index in [1.54, 1.807) is 7.05 Å². The predicted octanol–water partition coefficient (Wildman–Crippen LogP) is 2.84. The quantitative estimate of drug-likeness (QED) is 0.284. The minimum absolute atomic E-state index is 0. The third-order valence-electron chi connectivity index (χ3n) is 4.17. The van der Waals surface area contributed by atoms with Crippen molar-refractivity contribution < 1.29 is 4.79 Å². The topological polar surface area (TPSA) is 68.8 Å². The lowest BCUT2D eigenvalue weighted by atomic mass is 10.1. The van der Waals surface area contributed by atoms with Crippen molar-refractivity contribution in [3.63, 3.8) is 0 Å². The van der Waals surface area contributed by atoms with Crippen LogP contribution in [-0.4, -0.2) is 55.5 Å². The Hall–Kier alpha value is -1.35. The Morgan fingerprint density at radius 2 is 1.81 bits per heavy atom. The molecule has 0 aliphatic rings. The molecule has 0 fully saturated rings. The van der Waals surface area contributed by atoms with Gasteiger partial charge in [0.15, 0.2) is 5.96 Å². The fourth-order valence-electron chi connectivity index (χ4n) is 2.88. The number of hydrogen-bond donors (Lipinski definition) is 3. The molecule has 27 heavy (non-hydrogen) atoms.